The summed E-state index contributed by atoms with van der Waals surface area (Å²) in [5.74, 6) is 0. The van der Waals surface area contributed by atoms with Crippen LogP contribution in [-0.4, -0.2) is 9.97 Å². The molecule has 2 aromatic heterocycles. The molecule has 3 nitrogen and oxygen atoms in total. The molecule has 1 N–H and O–H groups in total. The number of hydrogen-bond acceptors (Lipinski definition) is 3. The van der Waals surface area contributed by atoms with Gasteiger partial charge in [0.15, 0.2) is 0 Å². The molecule has 3 aromatic rings. The van der Waals surface area contributed by atoms with Crippen LogP contribution in [0.15, 0.2) is 29.3 Å². The SMILES string of the molecule is CCc1sc2nc[nH]c(=O)c2c1-c1ccc(Cl)c(Cl)c1. The third kappa shape index (κ3) is 2.14. The van der Waals surface area contributed by atoms with Crippen molar-refractivity contribution >= 4 is 44.8 Å². The number of rotatable bonds is 2. The third-order valence-electron chi connectivity index (χ3n) is 3.10. The number of halogens is 2. The van der Waals surface area contributed by atoms with Gasteiger partial charge < -0.3 is 4.98 Å². The van der Waals surface area contributed by atoms with Crippen LogP contribution in [0.1, 0.15) is 11.8 Å². The van der Waals surface area contributed by atoms with Crippen molar-refractivity contribution in [2.24, 2.45) is 0 Å². The van der Waals surface area contributed by atoms with Crippen molar-refractivity contribution in [1.29, 1.82) is 0 Å². The Hall–Kier alpha value is -1.36. The van der Waals surface area contributed by atoms with E-state index in [2.05, 4.69) is 16.9 Å². The lowest BCUT2D eigenvalue weighted by Gasteiger charge is -2.04. The van der Waals surface area contributed by atoms with Crippen LogP contribution >= 0.6 is 34.5 Å². The zero-order valence-corrected chi connectivity index (χ0v) is 12.9. The van der Waals surface area contributed by atoms with Gasteiger partial charge in [0.2, 0.25) is 0 Å². The lowest BCUT2D eigenvalue weighted by molar-refractivity contribution is 1.17. The number of benzene rings is 1. The second-order valence-corrected chi connectivity index (χ2v) is 6.19. The van der Waals surface area contributed by atoms with Crippen LogP contribution in [0.3, 0.4) is 0 Å². The van der Waals surface area contributed by atoms with Gasteiger partial charge in [-0.25, -0.2) is 4.98 Å². The number of thiophene rings is 1. The fraction of sp³-hybridized carbons (Fsp3) is 0.143. The van der Waals surface area contributed by atoms with Crippen molar-refractivity contribution in [3.63, 3.8) is 0 Å². The number of H-pyrrole nitrogens is 1. The van der Waals surface area contributed by atoms with E-state index in [4.69, 9.17) is 23.2 Å². The van der Waals surface area contributed by atoms with Crippen LogP contribution in [0, 0.1) is 0 Å². The van der Waals surface area contributed by atoms with E-state index in [0.29, 0.717) is 15.4 Å². The molecule has 0 radical (unpaired) electrons. The van der Waals surface area contributed by atoms with E-state index >= 15 is 0 Å². The molecule has 3 rings (SSSR count). The summed E-state index contributed by atoms with van der Waals surface area (Å²) in [6.45, 7) is 2.06. The van der Waals surface area contributed by atoms with Crippen molar-refractivity contribution in [3.8, 4) is 11.1 Å². The van der Waals surface area contributed by atoms with E-state index in [9.17, 15) is 4.79 Å². The van der Waals surface area contributed by atoms with E-state index in [1.54, 1.807) is 12.1 Å². The number of nitrogens with zero attached hydrogens (tertiary/aromatic N) is 1. The van der Waals surface area contributed by atoms with E-state index < -0.39 is 0 Å². The second-order valence-electron chi connectivity index (χ2n) is 4.29. The molecular weight excluding hydrogens is 315 g/mol. The molecule has 102 valence electrons. The van der Waals surface area contributed by atoms with Crippen molar-refractivity contribution in [2.75, 3.05) is 0 Å². The first kappa shape index (κ1) is 13.6. The van der Waals surface area contributed by atoms with Gasteiger partial charge in [-0.15, -0.1) is 11.3 Å². The Morgan fingerprint density at radius 3 is 2.80 bits per heavy atom. The molecule has 0 saturated heterocycles. The first-order valence-corrected chi connectivity index (χ1v) is 7.63. The van der Waals surface area contributed by atoms with E-state index in [1.165, 1.54) is 17.7 Å². The Kier molecular flexibility index (Phi) is 3.54. The highest BCUT2D eigenvalue weighted by molar-refractivity contribution is 7.19. The fourth-order valence-electron chi connectivity index (χ4n) is 2.19. The quantitative estimate of drug-likeness (QED) is 0.753. The van der Waals surface area contributed by atoms with Crippen molar-refractivity contribution in [2.45, 2.75) is 13.3 Å². The summed E-state index contributed by atoms with van der Waals surface area (Å²) < 4.78 is 0. The molecule has 0 aliphatic heterocycles. The molecule has 0 saturated carbocycles. The van der Waals surface area contributed by atoms with Crippen molar-refractivity contribution < 1.29 is 0 Å². The lowest BCUT2D eigenvalue weighted by Crippen LogP contribution is -2.05. The topological polar surface area (TPSA) is 45.8 Å². The number of aryl methyl sites for hydroxylation is 1. The van der Waals surface area contributed by atoms with Gasteiger partial charge in [-0.3, -0.25) is 4.79 Å². The molecule has 0 fully saturated rings. The molecular formula is C14H10Cl2N2OS. The van der Waals surface area contributed by atoms with Gasteiger partial charge in [-0.05, 0) is 24.1 Å². The summed E-state index contributed by atoms with van der Waals surface area (Å²) in [4.78, 5) is 20.8. The summed E-state index contributed by atoms with van der Waals surface area (Å²) in [6.07, 6.45) is 2.26. The molecule has 0 atom stereocenters. The predicted octanol–water partition coefficient (Wildman–Crippen LogP) is 4.52. The number of nitrogens with one attached hydrogen (secondary N) is 1. The van der Waals surface area contributed by atoms with Crippen molar-refractivity contribution in [1.82, 2.24) is 9.97 Å². The molecule has 0 amide bonds. The predicted molar refractivity (Wildman–Crippen MR) is 85.1 cm³/mol. The number of hydrogen-bond donors (Lipinski definition) is 1. The Balaban J connectivity index is 2.39. The maximum absolute atomic E-state index is 12.1. The summed E-state index contributed by atoms with van der Waals surface area (Å²) in [7, 11) is 0. The molecule has 0 aliphatic carbocycles. The summed E-state index contributed by atoms with van der Waals surface area (Å²) in [5, 5.41) is 1.60. The molecule has 0 spiro atoms. The molecule has 1 aromatic carbocycles. The largest absolute Gasteiger partial charge is 0.313 e. The van der Waals surface area contributed by atoms with Gasteiger partial charge in [-0.1, -0.05) is 36.2 Å². The minimum Gasteiger partial charge on any atom is -0.313 e. The molecule has 2 heterocycles. The number of aromatic amines is 1. The van der Waals surface area contributed by atoms with Gasteiger partial charge in [0.1, 0.15) is 4.83 Å². The fourth-order valence-corrected chi connectivity index (χ4v) is 3.59. The smallest absolute Gasteiger partial charge is 0.260 e. The van der Waals surface area contributed by atoms with Crippen molar-refractivity contribution in [3.05, 3.63) is 49.8 Å². The summed E-state index contributed by atoms with van der Waals surface area (Å²) >= 11 is 13.6. The maximum Gasteiger partial charge on any atom is 0.260 e. The van der Waals surface area contributed by atoms with Crippen LogP contribution < -0.4 is 5.56 Å². The Bertz CT molecular complexity index is 854. The molecule has 0 unspecified atom stereocenters. The minimum atomic E-state index is -0.132. The second kappa shape index (κ2) is 5.20. The van der Waals surface area contributed by atoms with E-state index in [-0.39, 0.29) is 5.56 Å². The molecule has 6 heteroatoms. The van der Waals surface area contributed by atoms with Gasteiger partial charge in [0.05, 0.1) is 21.8 Å². The standard InChI is InChI=1S/C14H10Cl2N2OS/c1-2-10-11(7-3-4-8(15)9(16)5-7)12-13(19)17-6-18-14(12)20-10/h3-6H,2H2,1H3,(H,17,18,19). The third-order valence-corrected chi connectivity index (χ3v) is 5.08. The zero-order chi connectivity index (χ0) is 14.3. The maximum atomic E-state index is 12.1. The Morgan fingerprint density at radius 2 is 2.10 bits per heavy atom. The van der Waals surface area contributed by atoms with Crippen LogP contribution in [0.5, 0.6) is 0 Å². The van der Waals surface area contributed by atoms with Gasteiger partial charge >= 0.3 is 0 Å². The first-order valence-electron chi connectivity index (χ1n) is 6.06. The zero-order valence-electron chi connectivity index (χ0n) is 10.5. The van der Waals surface area contributed by atoms with E-state index in [0.717, 1.165) is 27.3 Å². The van der Waals surface area contributed by atoms with Gasteiger partial charge in [0.25, 0.3) is 5.56 Å². The number of aromatic nitrogens is 2. The highest BCUT2D eigenvalue weighted by Crippen LogP contribution is 2.38. The Morgan fingerprint density at radius 1 is 1.30 bits per heavy atom. The summed E-state index contributed by atoms with van der Waals surface area (Å²) in [6, 6.07) is 5.41. The average molecular weight is 325 g/mol. The first-order chi connectivity index (χ1) is 9.61. The lowest BCUT2D eigenvalue weighted by atomic mass is 10.0. The number of fused-ring (bicyclic) bond motifs is 1. The highest BCUT2D eigenvalue weighted by Gasteiger charge is 2.17. The van der Waals surface area contributed by atoms with Crippen LogP contribution in [0.4, 0.5) is 0 Å². The highest BCUT2D eigenvalue weighted by atomic mass is 35.5. The minimum absolute atomic E-state index is 0.132. The van der Waals surface area contributed by atoms with Crippen LogP contribution in [0.2, 0.25) is 10.0 Å². The van der Waals surface area contributed by atoms with Crippen LogP contribution in [-0.2, 0) is 6.42 Å². The van der Waals surface area contributed by atoms with Gasteiger partial charge in [-0.2, -0.15) is 0 Å². The average Bonchev–Trinajstić information content (AvgIpc) is 2.82. The molecule has 0 bridgehead atoms. The Labute approximate surface area is 129 Å². The monoisotopic (exact) mass is 324 g/mol. The van der Waals surface area contributed by atoms with Crippen LogP contribution in [0.25, 0.3) is 21.3 Å². The summed E-state index contributed by atoms with van der Waals surface area (Å²) in [5.41, 5.74) is 1.66. The molecule has 20 heavy (non-hydrogen) atoms. The van der Waals surface area contributed by atoms with Gasteiger partial charge in [0, 0.05) is 10.4 Å². The van der Waals surface area contributed by atoms with E-state index in [1.807, 2.05) is 6.07 Å². The molecule has 0 aliphatic rings. The normalized spacial score (nSPS) is 11.2.